The number of aromatic nitrogens is 2. The van der Waals surface area contributed by atoms with Gasteiger partial charge in [0.05, 0.1) is 5.52 Å². The van der Waals surface area contributed by atoms with Crippen LogP contribution in [0.4, 0.5) is 0 Å². The lowest BCUT2D eigenvalue weighted by molar-refractivity contribution is 1.09. The third-order valence-electron chi connectivity index (χ3n) is 2.22. The molecule has 1 aromatic carbocycles. The van der Waals surface area contributed by atoms with Gasteiger partial charge in [0.25, 0.3) is 5.56 Å². The Morgan fingerprint density at radius 1 is 1.27 bits per heavy atom. The maximum Gasteiger partial charge on any atom is 0.292 e. The van der Waals surface area contributed by atoms with Gasteiger partial charge in [0.15, 0.2) is 0 Å². The highest BCUT2D eigenvalue weighted by molar-refractivity contribution is 7.79. The lowest BCUT2D eigenvalue weighted by Crippen LogP contribution is -2.09. The molecule has 76 valence electrons. The average Bonchev–Trinajstić information content (AvgIpc) is 2.37. The van der Waals surface area contributed by atoms with Gasteiger partial charge in [-0.25, -0.2) is 4.98 Å². The van der Waals surface area contributed by atoms with Crippen molar-refractivity contribution in [2.24, 2.45) is 0 Å². The Labute approximate surface area is 92.6 Å². The minimum atomic E-state index is -0.297. The van der Waals surface area contributed by atoms with Crippen molar-refractivity contribution in [3.63, 3.8) is 0 Å². The number of hydrogen-bond donors (Lipinski definition) is 1. The molecule has 0 unspecified atom stereocenters. The van der Waals surface area contributed by atoms with Crippen molar-refractivity contribution >= 4 is 23.5 Å². The highest BCUT2D eigenvalue weighted by Crippen LogP contribution is 2.11. The first-order chi connectivity index (χ1) is 7.22. The van der Waals surface area contributed by atoms with Crippen LogP contribution in [0.3, 0.4) is 0 Å². The third-order valence-corrected chi connectivity index (χ3v) is 2.51. The van der Waals surface area contributed by atoms with Crippen LogP contribution in [-0.4, -0.2) is 9.97 Å². The van der Waals surface area contributed by atoms with Gasteiger partial charge < -0.3 is 0 Å². The normalized spacial score (nSPS) is 10.5. The lowest BCUT2D eigenvalue weighted by Gasteiger charge is -1.92. The first-order valence-electron chi connectivity index (χ1n) is 4.60. The van der Waals surface area contributed by atoms with Crippen LogP contribution in [0, 0.1) is 6.92 Å². The summed E-state index contributed by atoms with van der Waals surface area (Å²) in [7, 11) is 0. The maximum atomic E-state index is 11.6. The molecule has 0 aliphatic carbocycles. The van der Waals surface area contributed by atoms with Gasteiger partial charge in [-0.1, -0.05) is 18.2 Å². The van der Waals surface area contributed by atoms with Crippen LogP contribution in [0.5, 0.6) is 0 Å². The van der Waals surface area contributed by atoms with Gasteiger partial charge in [-0.05, 0) is 13.0 Å². The molecular formula is C11H10N2OS. The topological polar surface area (TPSA) is 42.9 Å². The van der Waals surface area contributed by atoms with E-state index in [4.69, 9.17) is 0 Å². The predicted octanol–water partition coefficient (Wildman–Crippen LogP) is 1.73. The first-order valence-corrected chi connectivity index (χ1v) is 5.23. The van der Waals surface area contributed by atoms with E-state index in [0.717, 1.165) is 11.1 Å². The largest absolute Gasteiger partial charge is 0.292 e. The number of rotatable bonds is 1. The monoisotopic (exact) mass is 218 g/mol. The summed E-state index contributed by atoms with van der Waals surface area (Å²) in [6.07, 6.45) is 0. The fourth-order valence-electron chi connectivity index (χ4n) is 1.46. The SMILES string of the molecule is Cc1nc(CS)c(=O)nc2ccccc12. The quantitative estimate of drug-likeness (QED) is 0.741. The van der Waals surface area contributed by atoms with Gasteiger partial charge in [0.2, 0.25) is 0 Å². The van der Waals surface area contributed by atoms with E-state index < -0.39 is 0 Å². The summed E-state index contributed by atoms with van der Waals surface area (Å²) in [6, 6.07) is 7.48. The molecule has 2 rings (SSSR count). The van der Waals surface area contributed by atoms with Crippen LogP contribution in [0.15, 0.2) is 29.1 Å². The van der Waals surface area contributed by atoms with E-state index in [-0.39, 0.29) is 5.56 Å². The van der Waals surface area contributed by atoms with Gasteiger partial charge in [-0.2, -0.15) is 12.6 Å². The number of thiol groups is 1. The minimum absolute atomic E-state index is 0.297. The van der Waals surface area contributed by atoms with Crippen molar-refractivity contribution in [2.75, 3.05) is 0 Å². The van der Waals surface area contributed by atoms with Crippen LogP contribution in [-0.2, 0) is 5.75 Å². The molecule has 0 fully saturated rings. The Morgan fingerprint density at radius 3 is 2.73 bits per heavy atom. The number of fused-ring (bicyclic) bond motifs is 1. The summed E-state index contributed by atoms with van der Waals surface area (Å²) in [5, 5.41) is 0.905. The van der Waals surface area contributed by atoms with Crippen molar-refractivity contribution in [3.8, 4) is 0 Å². The van der Waals surface area contributed by atoms with E-state index in [1.165, 1.54) is 0 Å². The molecule has 2 aromatic rings. The van der Waals surface area contributed by atoms with Crippen LogP contribution in [0.1, 0.15) is 11.4 Å². The Balaban J connectivity index is 2.96. The molecule has 15 heavy (non-hydrogen) atoms. The second kappa shape index (κ2) is 3.98. The Kier molecular flexibility index (Phi) is 2.68. The number of hydrogen-bond acceptors (Lipinski definition) is 4. The highest BCUT2D eigenvalue weighted by atomic mass is 32.1. The molecule has 4 heteroatoms. The molecule has 0 radical (unpaired) electrons. The molecule has 0 N–H and O–H groups in total. The van der Waals surface area contributed by atoms with Crippen LogP contribution in [0.25, 0.3) is 10.9 Å². The van der Waals surface area contributed by atoms with Crippen molar-refractivity contribution in [3.05, 3.63) is 46.0 Å². The van der Waals surface area contributed by atoms with E-state index in [9.17, 15) is 4.79 Å². The second-order valence-corrected chi connectivity index (χ2v) is 3.55. The molecule has 0 amide bonds. The van der Waals surface area contributed by atoms with Gasteiger partial charge in [-0.15, -0.1) is 0 Å². The molecule has 3 nitrogen and oxygen atoms in total. The molecule has 0 aliphatic heterocycles. The first kappa shape index (κ1) is 10.1. The average molecular weight is 218 g/mol. The summed E-state index contributed by atoms with van der Waals surface area (Å²) in [5.74, 6) is 0.313. The summed E-state index contributed by atoms with van der Waals surface area (Å²) in [5.41, 5.74) is 1.59. The minimum Gasteiger partial charge on any atom is -0.265 e. The number of nitrogens with zero attached hydrogens (tertiary/aromatic N) is 2. The zero-order chi connectivity index (χ0) is 10.8. The second-order valence-electron chi connectivity index (χ2n) is 3.24. The summed E-state index contributed by atoms with van der Waals surface area (Å²) >= 11 is 4.07. The van der Waals surface area contributed by atoms with Crippen molar-refractivity contribution in [2.45, 2.75) is 12.7 Å². The zero-order valence-electron chi connectivity index (χ0n) is 8.27. The van der Waals surface area contributed by atoms with Crippen LogP contribution in [0.2, 0.25) is 0 Å². The molecule has 1 heterocycles. The summed E-state index contributed by atoms with van der Waals surface area (Å²) in [6.45, 7) is 1.87. The number of benzene rings is 1. The molecule has 0 saturated heterocycles. The van der Waals surface area contributed by atoms with Gasteiger partial charge in [0, 0.05) is 16.8 Å². The summed E-state index contributed by atoms with van der Waals surface area (Å²) in [4.78, 5) is 19.8. The summed E-state index contributed by atoms with van der Waals surface area (Å²) < 4.78 is 0. The fraction of sp³-hybridized carbons (Fsp3) is 0.182. The molecule has 0 aliphatic rings. The van der Waals surface area contributed by atoms with E-state index in [2.05, 4.69) is 22.6 Å². The Bertz CT molecular complexity index is 569. The number of aryl methyl sites for hydroxylation is 1. The molecule has 0 saturated carbocycles. The predicted molar refractivity (Wildman–Crippen MR) is 63.2 cm³/mol. The van der Waals surface area contributed by atoms with Crippen LogP contribution >= 0.6 is 12.6 Å². The lowest BCUT2D eigenvalue weighted by atomic mass is 10.2. The van der Waals surface area contributed by atoms with Gasteiger partial charge >= 0.3 is 0 Å². The Morgan fingerprint density at radius 2 is 2.00 bits per heavy atom. The highest BCUT2D eigenvalue weighted by Gasteiger charge is 2.03. The smallest absolute Gasteiger partial charge is 0.265 e. The van der Waals surface area contributed by atoms with Crippen molar-refractivity contribution in [1.82, 2.24) is 9.97 Å². The maximum absolute atomic E-state index is 11.6. The van der Waals surface area contributed by atoms with Crippen molar-refractivity contribution < 1.29 is 0 Å². The van der Waals surface area contributed by atoms with Gasteiger partial charge in [0.1, 0.15) is 5.69 Å². The van der Waals surface area contributed by atoms with E-state index in [1.807, 2.05) is 31.2 Å². The fourth-order valence-corrected chi connectivity index (χ4v) is 1.67. The third kappa shape index (κ3) is 1.85. The standard InChI is InChI=1S/C11H10N2OS/c1-7-8-4-2-3-5-9(8)13-11(14)10(6-15)12-7/h2-5,15H,6H2,1H3. The molecule has 0 atom stereocenters. The number of para-hydroxylation sites is 1. The van der Waals surface area contributed by atoms with Crippen molar-refractivity contribution in [1.29, 1.82) is 0 Å². The van der Waals surface area contributed by atoms with E-state index >= 15 is 0 Å². The van der Waals surface area contributed by atoms with Crippen LogP contribution < -0.4 is 5.56 Å². The van der Waals surface area contributed by atoms with E-state index in [0.29, 0.717) is 17.0 Å². The Hall–Kier alpha value is -1.42. The zero-order valence-corrected chi connectivity index (χ0v) is 9.16. The molecule has 0 bridgehead atoms. The molecule has 0 spiro atoms. The van der Waals surface area contributed by atoms with Gasteiger partial charge in [-0.3, -0.25) is 9.78 Å². The van der Waals surface area contributed by atoms with E-state index in [1.54, 1.807) is 0 Å². The molecule has 1 aromatic heterocycles. The molecular weight excluding hydrogens is 208 g/mol.